The molecule has 0 amide bonds. The molecule has 1 saturated heterocycles. The number of halogens is 1. The van der Waals surface area contributed by atoms with Crippen molar-refractivity contribution in [1.82, 2.24) is 0 Å². The number of rotatable bonds is 0. The highest BCUT2D eigenvalue weighted by atomic mass is 127. The van der Waals surface area contributed by atoms with Crippen LogP contribution in [0.15, 0.2) is 0 Å². The Labute approximate surface area is 49.9 Å². The van der Waals surface area contributed by atoms with Crippen molar-refractivity contribution in [2.75, 3.05) is 0 Å². The fourth-order valence-electron chi connectivity index (χ4n) is 0.0519. The minimum atomic E-state index is -0.503. The van der Waals surface area contributed by atoms with Crippen LogP contribution >= 0.6 is 33.4 Å². The van der Waals surface area contributed by atoms with Crippen LogP contribution in [0.4, 0.5) is 0 Å². The van der Waals surface area contributed by atoms with Crippen LogP contribution in [0.3, 0.4) is 0 Å². The first-order chi connectivity index (χ1) is 2.30. The van der Waals surface area contributed by atoms with Gasteiger partial charge in [-0.2, -0.15) is 0 Å². The van der Waals surface area contributed by atoms with Crippen LogP contribution < -0.4 is 0 Å². The summed E-state index contributed by atoms with van der Waals surface area (Å²) < 4.78 is 10.4. The quantitative estimate of drug-likeness (QED) is 0.263. The van der Waals surface area contributed by atoms with Gasteiger partial charge in [-0.25, -0.2) is 4.21 Å². The Morgan fingerprint density at radius 1 is 2.00 bits per heavy atom. The summed E-state index contributed by atoms with van der Waals surface area (Å²) in [5.74, 6) is 0. The Morgan fingerprint density at radius 3 is 2.20 bits per heavy atom. The highest BCUT2D eigenvalue weighted by Gasteiger charge is 2.30. The van der Waals surface area contributed by atoms with Gasteiger partial charge in [0.1, 0.15) is 9.83 Å². The van der Waals surface area contributed by atoms with Crippen LogP contribution in [0.5, 0.6) is 0 Å². The van der Waals surface area contributed by atoms with E-state index in [-0.39, 0.29) is 0 Å². The molecule has 1 aliphatic heterocycles. The molecule has 0 aromatic heterocycles. The van der Waals surface area contributed by atoms with Crippen molar-refractivity contribution < 1.29 is 4.21 Å². The smallest absolute Gasteiger partial charge is 0.154 e. The fourth-order valence-corrected chi connectivity index (χ4v) is 2.60. The van der Waals surface area contributed by atoms with Crippen molar-refractivity contribution in [1.29, 1.82) is 0 Å². The Hall–Kier alpha value is 1.23. The van der Waals surface area contributed by atoms with Gasteiger partial charge in [0, 0.05) is 0 Å². The van der Waals surface area contributed by atoms with Crippen LogP contribution in [0.2, 0.25) is 0 Å². The van der Waals surface area contributed by atoms with E-state index in [0.29, 0.717) is 2.59 Å². The van der Waals surface area contributed by atoms with Gasteiger partial charge in [-0.15, -0.1) is 0 Å². The number of hydrogen-bond acceptors (Lipinski definition) is 2. The summed E-state index contributed by atoms with van der Waals surface area (Å²) in [6.45, 7) is 0. The molecule has 1 fully saturated rings. The minimum Gasteiger partial charge on any atom is -0.246 e. The Balaban J connectivity index is 2.47. The molecule has 0 aliphatic carbocycles. The maximum atomic E-state index is 9.95. The Kier molecular flexibility index (Phi) is 1.21. The predicted octanol–water partition coefficient (Wildman–Crippen LogP) is 1.12. The molecule has 0 aromatic carbocycles. The monoisotopic (exact) mass is 220 g/mol. The molecule has 1 nitrogen and oxygen atoms in total. The SMILES string of the molecule is O=S1SC1I. The minimum absolute atomic E-state index is 0.410. The van der Waals surface area contributed by atoms with E-state index < -0.39 is 9.83 Å². The average Bonchev–Trinajstić information content (AvgIpc) is 1.79. The van der Waals surface area contributed by atoms with Crippen LogP contribution in [0.1, 0.15) is 0 Å². The molecule has 2 atom stereocenters. The summed E-state index contributed by atoms with van der Waals surface area (Å²) in [5, 5.41) is 0. The first-order valence-electron chi connectivity index (χ1n) is 1.02. The van der Waals surface area contributed by atoms with E-state index >= 15 is 0 Å². The Morgan fingerprint density at radius 2 is 2.20 bits per heavy atom. The van der Waals surface area contributed by atoms with E-state index in [2.05, 4.69) is 22.6 Å². The summed E-state index contributed by atoms with van der Waals surface area (Å²) in [6.07, 6.45) is 0. The van der Waals surface area contributed by atoms with Gasteiger partial charge in [0.15, 0.2) is 2.59 Å². The zero-order valence-electron chi connectivity index (χ0n) is 2.18. The molecule has 1 heterocycles. The van der Waals surface area contributed by atoms with Crippen molar-refractivity contribution in [3.05, 3.63) is 0 Å². The molecular weight excluding hydrogens is 219 g/mol. The van der Waals surface area contributed by atoms with Crippen LogP contribution in [0, 0.1) is 0 Å². The molecule has 0 saturated carbocycles. The molecule has 0 spiro atoms. The van der Waals surface area contributed by atoms with Crippen molar-refractivity contribution in [3.8, 4) is 0 Å². The number of alkyl halides is 1. The third-order valence-electron chi connectivity index (χ3n) is 0.284. The van der Waals surface area contributed by atoms with Gasteiger partial charge in [0.2, 0.25) is 0 Å². The Bertz CT molecular complexity index is 72.0. The lowest BCUT2D eigenvalue weighted by Crippen LogP contribution is -1.53. The third-order valence-corrected chi connectivity index (χ3v) is 6.70. The van der Waals surface area contributed by atoms with E-state index in [1.807, 2.05) is 0 Å². The highest BCUT2D eigenvalue weighted by Crippen LogP contribution is 2.44. The maximum Gasteiger partial charge on any atom is 0.154 e. The standard InChI is InChI=1S/CHIOS2/c2-1-4-5(1)3/h1H. The highest BCUT2D eigenvalue weighted by molar-refractivity contribution is 14.1. The fraction of sp³-hybridized carbons (Fsp3) is 1.00. The van der Waals surface area contributed by atoms with Gasteiger partial charge in [-0.3, -0.25) is 0 Å². The number of hydrogen-bond donors (Lipinski definition) is 0. The van der Waals surface area contributed by atoms with Gasteiger partial charge in [-0.1, -0.05) is 22.6 Å². The van der Waals surface area contributed by atoms with E-state index in [0.717, 1.165) is 0 Å². The van der Waals surface area contributed by atoms with Gasteiger partial charge >= 0.3 is 0 Å². The van der Waals surface area contributed by atoms with Crippen molar-refractivity contribution in [2.45, 2.75) is 2.59 Å². The second-order valence-corrected chi connectivity index (χ2v) is 7.08. The van der Waals surface area contributed by atoms with E-state index in [1.54, 1.807) is 0 Å². The molecule has 0 N–H and O–H groups in total. The zero-order valence-corrected chi connectivity index (χ0v) is 5.97. The van der Waals surface area contributed by atoms with Crippen molar-refractivity contribution >= 4 is 43.2 Å². The van der Waals surface area contributed by atoms with Crippen LogP contribution in [0.25, 0.3) is 0 Å². The lowest BCUT2D eigenvalue weighted by atomic mass is 11.9. The van der Waals surface area contributed by atoms with Gasteiger partial charge in [-0.05, 0) is 10.8 Å². The summed E-state index contributed by atoms with van der Waals surface area (Å²) in [5.41, 5.74) is 0. The molecule has 2 unspecified atom stereocenters. The first-order valence-corrected chi connectivity index (χ1v) is 4.88. The molecule has 0 bridgehead atoms. The molecule has 1 rings (SSSR count). The van der Waals surface area contributed by atoms with Gasteiger partial charge in [0.25, 0.3) is 0 Å². The van der Waals surface area contributed by atoms with Crippen LogP contribution in [-0.4, -0.2) is 6.80 Å². The maximum absolute atomic E-state index is 9.95. The summed E-state index contributed by atoms with van der Waals surface area (Å²) in [7, 11) is 1.00. The molecular formula is CHIOS2. The van der Waals surface area contributed by atoms with Gasteiger partial charge < -0.3 is 0 Å². The second-order valence-electron chi connectivity index (χ2n) is 0.631. The lowest BCUT2D eigenvalue weighted by molar-refractivity contribution is 0.696. The second kappa shape index (κ2) is 1.38. The molecule has 1 aliphatic rings. The van der Waals surface area contributed by atoms with Crippen LogP contribution in [-0.2, 0) is 9.83 Å². The summed E-state index contributed by atoms with van der Waals surface area (Å²) >= 11 is 2.14. The van der Waals surface area contributed by atoms with E-state index in [1.165, 1.54) is 10.8 Å². The molecule has 4 heteroatoms. The largest absolute Gasteiger partial charge is 0.246 e. The molecule has 5 heavy (non-hydrogen) atoms. The lowest BCUT2D eigenvalue weighted by Gasteiger charge is -1.46. The zero-order chi connectivity index (χ0) is 3.86. The van der Waals surface area contributed by atoms with E-state index in [9.17, 15) is 4.21 Å². The van der Waals surface area contributed by atoms with Crippen molar-refractivity contribution in [2.24, 2.45) is 0 Å². The topological polar surface area (TPSA) is 17.1 Å². The summed E-state index contributed by atoms with van der Waals surface area (Å²) in [6, 6.07) is 0. The summed E-state index contributed by atoms with van der Waals surface area (Å²) in [4.78, 5) is 0. The normalized spacial score (nSPS) is 49.0. The molecule has 30 valence electrons. The molecule has 0 radical (unpaired) electrons. The first kappa shape index (κ1) is 4.39. The average molecular weight is 220 g/mol. The van der Waals surface area contributed by atoms with Crippen molar-refractivity contribution in [3.63, 3.8) is 0 Å². The predicted molar refractivity (Wildman–Crippen MR) is 33.5 cm³/mol. The molecule has 0 aromatic rings. The third kappa shape index (κ3) is 1.04. The van der Waals surface area contributed by atoms with Gasteiger partial charge in [0.05, 0.1) is 0 Å². The van der Waals surface area contributed by atoms with E-state index in [4.69, 9.17) is 0 Å².